The molecule has 1 aromatic heterocycles. The number of hydrogen-bond donors (Lipinski definition) is 1. The highest BCUT2D eigenvalue weighted by molar-refractivity contribution is 6.30. The fraction of sp³-hybridized carbons (Fsp3) is 0.261. The van der Waals surface area contributed by atoms with Crippen LogP contribution in [0.1, 0.15) is 30.0 Å². The second kappa shape index (κ2) is 8.89. The van der Waals surface area contributed by atoms with Gasteiger partial charge in [-0.2, -0.15) is 0 Å². The van der Waals surface area contributed by atoms with E-state index in [1.165, 1.54) is 18.2 Å². The van der Waals surface area contributed by atoms with E-state index in [-0.39, 0.29) is 23.7 Å². The molecule has 150 valence electrons. The predicted molar refractivity (Wildman–Crippen MR) is 112 cm³/mol. The van der Waals surface area contributed by atoms with Crippen molar-refractivity contribution in [3.63, 3.8) is 0 Å². The van der Waals surface area contributed by atoms with Crippen LogP contribution in [0.25, 0.3) is 0 Å². The third-order valence-corrected chi connectivity index (χ3v) is 5.62. The van der Waals surface area contributed by atoms with Crippen LogP contribution < -0.4 is 10.2 Å². The molecule has 0 amide bonds. The summed E-state index contributed by atoms with van der Waals surface area (Å²) in [4.78, 5) is 6.45. The van der Waals surface area contributed by atoms with Crippen molar-refractivity contribution >= 4 is 17.3 Å². The van der Waals surface area contributed by atoms with Gasteiger partial charge in [-0.1, -0.05) is 23.7 Å². The van der Waals surface area contributed by atoms with Gasteiger partial charge in [0.2, 0.25) is 0 Å². The van der Waals surface area contributed by atoms with Crippen molar-refractivity contribution in [1.29, 1.82) is 0 Å². The summed E-state index contributed by atoms with van der Waals surface area (Å²) < 4.78 is 27.8. The second-order valence-corrected chi connectivity index (χ2v) is 7.73. The summed E-state index contributed by atoms with van der Waals surface area (Å²) in [5, 5.41) is 4.00. The first-order chi connectivity index (χ1) is 14.1. The molecule has 2 aromatic carbocycles. The van der Waals surface area contributed by atoms with Gasteiger partial charge < -0.3 is 10.2 Å². The number of nitrogens with one attached hydrogen (secondary N) is 1. The summed E-state index contributed by atoms with van der Waals surface area (Å²) in [5.41, 5.74) is 2.50. The Morgan fingerprint density at radius 2 is 1.79 bits per heavy atom. The quantitative estimate of drug-likeness (QED) is 0.610. The minimum absolute atomic E-state index is 0.227. The van der Waals surface area contributed by atoms with E-state index in [2.05, 4.69) is 15.2 Å². The highest BCUT2D eigenvalue weighted by Crippen LogP contribution is 2.28. The minimum Gasteiger partial charge on any atom is -0.371 e. The summed E-state index contributed by atoms with van der Waals surface area (Å²) >= 11 is 5.94. The zero-order valence-corrected chi connectivity index (χ0v) is 16.6. The Kier molecular flexibility index (Phi) is 6.07. The molecule has 0 bridgehead atoms. The van der Waals surface area contributed by atoms with E-state index < -0.39 is 0 Å². The Hall–Kier alpha value is -2.50. The maximum Gasteiger partial charge on any atom is 0.129 e. The van der Waals surface area contributed by atoms with E-state index in [0.717, 1.165) is 37.2 Å². The molecule has 0 saturated carbocycles. The molecule has 0 spiro atoms. The third-order valence-electron chi connectivity index (χ3n) is 5.38. The Balaban J connectivity index is 1.49. The van der Waals surface area contributed by atoms with Gasteiger partial charge >= 0.3 is 0 Å². The minimum atomic E-state index is -0.331. The molecule has 1 aliphatic heterocycles. The number of piperidine rings is 1. The molecule has 1 atom stereocenters. The van der Waals surface area contributed by atoms with Crippen molar-refractivity contribution in [3.05, 3.63) is 94.8 Å². The van der Waals surface area contributed by atoms with Crippen LogP contribution in [-0.4, -0.2) is 24.1 Å². The number of halogens is 3. The zero-order valence-electron chi connectivity index (χ0n) is 15.9. The predicted octanol–water partition coefficient (Wildman–Crippen LogP) is 5.36. The van der Waals surface area contributed by atoms with E-state index in [1.807, 2.05) is 24.3 Å². The Morgan fingerprint density at radius 1 is 1.03 bits per heavy atom. The average Bonchev–Trinajstić information content (AvgIpc) is 2.74. The van der Waals surface area contributed by atoms with Crippen molar-refractivity contribution in [3.8, 4) is 0 Å². The van der Waals surface area contributed by atoms with Crippen LogP contribution in [-0.2, 0) is 0 Å². The van der Waals surface area contributed by atoms with Crippen LogP contribution in [0, 0.1) is 11.6 Å². The molecule has 3 aromatic rings. The SMILES string of the molecule is Fc1ccc(N2CCC(NC(c3cccnc3)c3ccc(Cl)cc3F)CC2)cc1. The van der Waals surface area contributed by atoms with Gasteiger partial charge in [0, 0.05) is 47.8 Å². The number of pyridine rings is 1. The molecule has 1 unspecified atom stereocenters. The Morgan fingerprint density at radius 3 is 2.45 bits per heavy atom. The average molecular weight is 414 g/mol. The van der Waals surface area contributed by atoms with E-state index in [1.54, 1.807) is 24.5 Å². The van der Waals surface area contributed by atoms with Gasteiger partial charge in [-0.25, -0.2) is 8.78 Å². The highest BCUT2D eigenvalue weighted by atomic mass is 35.5. The molecule has 29 heavy (non-hydrogen) atoms. The lowest BCUT2D eigenvalue weighted by Gasteiger charge is -2.36. The molecule has 1 aliphatic rings. The lowest BCUT2D eigenvalue weighted by atomic mass is 9.96. The topological polar surface area (TPSA) is 28.2 Å². The first kappa shape index (κ1) is 19.8. The maximum atomic E-state index is 14.7. The molecular formula is C23H22ClF2N3. The smallest absolute Gasteiger partial charge is 0.129 e. The van der Waals surface area contributed by atoms with Gasteiger partial charge in [0.05, 0.1) is 6.04 Å². The monoisotopic (exact) mass is 413 g/mol. The van der Waals surface area contributed by atoms with Gasteiger partial charge in [-0.05, 0) is 60.9 Å². The summed E-state index contributed by atoms with van der Waals surface area (Å²) in [6, 6.07) is 15.1. The van der Waals surface area contributed by atoms with E-state index in [9.17, 15) is 8.78 Å². The molecule has 2 heterocycles. The number of anilines is 1. The summed E-state index contributed by atoms with van der Waals surface area (Å²) in [6.07, 6.45) is 5.28. The number of rotatable bonds is 5. The molecular weight excluding hydrogens is 392 g/mol. The van der Waals surface area contributed by atoms with Crippen molar-refractivity contribution in [1.82, 2.24) is 10.3 Å². The van der Waals surface area contributed by atoms with Crippen LogP contribution in [0.4, 0.5) is 14.5 Å². The molecule has 1 fully saturated rings. The standard InChI is InChI=1S/C23H22ClF2N3/c24-17-3-8-21(22(26)14-17)23(16-2-1-11-27-15-16)28-19-9-12-29(13-10-19)20-6-4-18(25)5-7-20/h1-8,11,14-15,19,23,28H,9-10,12-13H2. The second-order valence-electron chi connectivity index (χ2n) is 7.29. The number of hydrogen-bond acceptors (Lipinski definition) is 3. The Labute approximate surface area is 174 Å². The third kappa shape index (κ3) is 4.74. The van der Waals surface area contributed by atoms with Crippen LogP contribution >= 0.6 is 11.6 Å². The fourth-order valence-electron chi connectivity index (χ4n) is 3.84. The van der Waals surface area contributed by atoms with Gasteiger partial charge in [-0.3, -0.25) is 4.98 Å². The normalized spacial score (nSPS) is 16.0. The van der Waals surface area contributed by atoms with Gasteiger partial charge in [0.15, 0.2) is 0 Å². The fourth-order valence-corrected chi connectivity index (χ4v) is 4.00. The number of nitrogens with zero attached hydrogens (tertiary/aromatic N) is 2. The molecule has 4 rings (SSSR count). The lowest BCUT2D eigenvalue weighted by molar-refractivity contribution is 0.385. The number of benzene rings is 2. The molecule has 1 N–H and O–H groups in total. The summed E-state index contributed by atoms with van der Waals surface area (Å²) in [6.45, 7) is 1.71. The van der Waals surface area contributed by atoms with E-state index in [0.29, 0.717) is 10.6 Å². The molecule has 6 heteroatoms. The van der Waals surface area contributed by atoms with E-state index in [4.69, 9.17) is 11.6 Å². The molecule has 3 nitrogen and oxygen atoms in total. The zero-order chi connectivity index (χ0) is 20.2. The van der Waals surface area contributed by atoms with Crippen LogP contribution in [0.2, 0.25) is 5.02 Å². The lowest BCUT2D eigenvalue weighted by Crippen LogP contribution is -2.44. The van der Waals surface area contributed by atoms with Crippen molar-refractivity contribution in [2.24, 2.45) is 0 Å². The van der Waals surface area contributed by atoms with E-state index >= 15 is 0 Å². The van der Waals surface area contributed by atoms with Crippen molar-refractivity contribution in [2.75, 3.05) is 18.0 Å². The largest absolute Gasteiger partial charge is 0.371 e. The van der Waals surface area contributed by atoms with Crippen molar-refractivity contribution in [2.45, 2.75) is 24.9 Å². The van der Waals surface area contributed by atoms with Crippen LogP contribution in [0.5, 0.6) is 0 Å². The molecule has 0 radical (unpaired) electrons. The summed E-state index contributed by atoms with van der Waals surface area (Å²) in [7, 11) is 0. The van der Waals surface area contributed by atoms with Gasteiger partial charge in [-0.15, -0.1) is 0 Å². The van der Waals surface area contributed by atoms with Gasteiger partial charge in [0.25, 0.3) is 0 Å². The number of aromatic nitrogens is 1. The molecule has 0 aliphatic carbocycles. The van der Waals surface area contributed by atoms with Crippen LogP contribution in [0.3, 0.4) is 0 Å². The Bertz CT molecular complexity index is 942. The molecule has 1 saturated heterocycles. The summed E-state index contributed by atoms with van der Waals surface area (Å²) in [5.74, 6) is -0.558. The van der Waals surface area contributed by atoms with Crippen molar-refractivity contribution < 1.29 is 8.78 Å². The highest BCUT2D eigenvalue weighted by Gasteiger charge is 2.25. The first-order valence-electron chi connectivity index (χ1n) is 9.71. The van der Waals surface area contributed by atoms with Crippen LogP contribution in [0.15, 0.2) is 67.0 Å². The van der Waals surface area contributed by atoms with Gasteiger partial charge in [0.1, 0.15) is 11.6 Å². The maximum absolute atomic E-state index is 14.7. The first-order valence-corrected chi connectivity index (χ1v) is 10.1.